The summed E-state index contributed by atoms with van der Waals surface area (Å²) in [7, 11) is 1.61. The standard InChI is InChI=1S/C17H16N4O3S2/c1-9-12(5-4-6-13(9)24-3)20-17-21-15(23)14(26-17)7-11-8-18-16(25-11)19-10(2)22/h4-8H,1-3H3,(H,18,19,22)(H,20,21,23)/b14-7-. The monoisotopic (exact) mass is 388 g/mol. The van der Waals surface area contributed by atoms with Gasteiger partial charge in [-0.25, -0.2) is 9.98 Å². The molecule has 2 aromatic rings. The Labute approximate surface area is 158 Å². The van der Waals surface area contributed by atoms with E-state index in [4.69, 9.17) is 4.74 Å². The molecule has 0 unspecified atom stereocenters. The van der Waals surface area contributed by atoms with E-state index in [1.165, 1.54) is 30.0 Å². The van der Waals surface area contributed by atoms with Gasteiger partial charge in [0, 0.05) is 18.7 Å². The zero-order valence-corrected chi connectivity index (χ0v) is 16.0. The molecule has 1 aromatic heterocycles. The van der Waals surface area contributed by atoms with Crippen molar-refractivity contribution in [3.05, 3.63) is 39.7 Å². The molecule has 9 heteroatoms. The van der Waals surface area contributed by atoms with Crippen LogP contribution in [0.15, 0.2) is 34.3 Å². The molecule has 134 valence electrons. The molecule has 0 bridgehead atoms. The van der Waals surface area contributed by atoms with Gasteiger partial charge in [-0.05, 0) is 36.9 Å². The molecule has 1 aliphatic heterocycles. The van der Waals surface area contributed by atoms with Crippen molar-refractivity contribution in [1.82, 2.24) is 10.3 Å². The number of carbonyl (C=O) groups excluding carboxylic acids is 2. The Bertz CT molecular complexity index is 934. The van der Waals surface area contributed by atoms with Crippen LogP contribution in [-0.2, 0) is 9.59 Å². The Morgan fingerprint density at radius 2 is 2.23 bits per heavy atom. The number of aromatic nitrogens is 1. The quantitative estimate of drug-likeness (QED) is 0.784. The van der Waals surface area contributed by atoms with Crippen molar-refractivity contribution in [3.63, 3.8) is 0 Å². The zero-order valence-electron chi connectivity index (χ0n) is 14.3. The number of nitrogens with zero attached hydrogens (tertiary/aromatic N) is 2. The van der Waals surface area contributed by atoms with Crippen molar-refractivity contribution in [1.29, 1.82) is 0 Å². The maximum atomic E-state index is 12.2. The molecule has 0 radical (unpaired) electrons. The lowest BCUT2D eigenvalue weighted by atomic mass is 10.2. The van der Waals surface area contributed by atoms with Crippen molar-refractivity contribution >= 4 is 57.0 Å². The predicted molar refractivity (Wildman–Crippen MR) is 105 cm³/mol. The van der Waals surface area contributed by atoms with Crippen LogP contribution in [0.25, 0.3) is 6.08 Å². The SMILES string of the molecule is COc1cccc(N=C2NC(=O)/C(=C/c3cnc(NC(C)=O)s3)S2)c1C. The number of rotatable bonds is 4. The van der Waals surface area contributed by atoms with Crippen LogP contribution in [0.3, 0.4) is 0 Å². The molecule has 0 saturated carbocycles. The highest BCUT2D eigenvalue weighted by atomic mass is 32.2. The number of methoxy groups -OCH3 is 1. The third-order valence-electron chi connectivity index (χ3n) is 3.43. The maximum Gasteiger partial charge on any atom is 0.264 e. The summed E-state index contributed by atoms with van der Waals surface area (Å²) in [6, 6.07) is 5.58. The number of benzene rings is 1. The van der Waals surface area contributed by atoms with Crippen molar-refractivity contribution in [2.75, 3.05) is 12.4 Å². The fourth-order valence-electron chi connectivity index (χ4n) is 2.23. The van der Waals surface area contributed by atoms with E-state index in [9.17, 15) is 9.59 Å². The molecule has 2 amide bonds. The van der Waals surface area contributed by atoms with Crippen molar-refractivity contribution in [3.8, 4) is 5.75 Å². The highest BCUT2D eigenvalue weighted by molar-refractivity contribution is 8.18. The molecule has 0 atom stereocenters. The lowest BCUT2D eigenvalue weighted by molar-refractivity contribution is -0.115. The summed E-state index contributed by atoms with van der Waals surface area (Å²) >= 11 is 2.55. The Hall–Kier alpha value is -2.65. The van der Waals surface area contributed by atoms with Crippen LogP contribution in [0.2, 0.25) is 0 Å². The first-order valence-corrected chi connectivity index (χ1v) is 9.26. The molecule has 1 saturated heterocycles. The first-order valence-electron chi connectivity index (χ1n) is 7.63. The second kappa shape index (κ2) is 7.71. The van der Waals surface area contributed by atoms with E-state index in [0.717, 1.165) is 21.9 Å². The first kappa shape index (κ1) is 18.2. The second-order valence-electron chi connectivity index (χ2n) is 5.34. The summed E-state index contributed by atoms with van der Waals surface area (Å²) < 4.78 is 5.29. The van der Waals surface area contributed by atoms with Gasteiger partial charge in [-0.15, -0.1) is 0 Å². The maximum absolute atomic E-state index is 12.2. The number of ether oxygens (including phenoxy) is 1. The molecule has 2 N–H and O–H groups in total. The summed E-state index contributed by atoms with van der Waals surface area (Å²) in [5.41, 5.74) is 1.64. The highest BCUT2D eigenvalue weighted by Gasteiger charge is 2.24. The van der Waals surface area contributed by atoms with Crippen LogP contribution in [-0.4, -0.2) is 29.1 Å². The molecule has 0 aliphatic carbocycles. The smallest absolute Gasteiger partial charge is 0.264 e. The Morgan fingerprint density at radius 1 is 1.42 bits per heavy atom. The predicted octanol–water partition coefficient (Wildman–Crippen LogP) is 3.31. The van der Waals surface area contributed by atoms with E-state index in [-0.39, 0.29) is 11.8 Å². The fraction of sp³-hybridized carbons (Fsp3) is 0.176. The molecular formula is C17H16N4O3S2. The van der Waals surface area contributed by atoms with Gasteiger partial charge in [-0.2, -0.15) is 0 Å². The van der Waals surface area contributed by atoms with E-state index in [2.05, 4.69) is 20.6 Å². The molecular weight excluding hydrogens is 372 g/mol. The largest absolute Gasteiger partial charge is 0.496 e. The normalized spacial score (nSPS) is 16.8. The topological polar surface area (TPSA) is 92.7 Å². The van der Waals surface area contributed by atoms with E-state index in [1.807, 2.05) is 25.1 Å². The number of anilines is 1. The first-order chi connectivity index (χ1) is 12.5. The van der Waals surface area contributed by atoms with Gasteiger partial charge in [0.25, 0.3) is 5.91 Å². The number of nitrogens with one attached hydrogen (secondary N) is 2. The third kappa shape index (κ3) is 4.12. The van der Waals surface area contributed by atoms with E-state index in [1.54, 1.807) is 19.4 Å². The van der Waals surface area contributed by atoms with Gasteiger partial charge in [0.15, 0.2) is 10.3 Å². The molecule has 2 heterocycles. The molecule has 1 aromatic carbocycles. The van der Waals surface area contributed by atoms with Crippen LogP contribution in [0.5, 0.6) is 5.75 Å². The minimum atomic E-state index is -0.219. The Balaban J connectivity index is 1.80. The van der Waals surface area contributed by atoms with Crippen LogP contribution >= 0.6 is 23.1 Å². The average Bonchev–Trinajstić information content (AvgIpc) is 3.16. The fourth-order valence-corrected chi connectivity index (χ4v) is 3.93. The molecule has 26 heavy (non-hydrogen) atoms. The molecule has 1 fully saturated rings. The van der Waals surface area contributed by atoms with Crippen LogP contribution in [0.1, 0.15) is 17.4 Å². The number of amidine groups is 1. The van der Waals surface area contributed by atoms with Gasteiger partial charge >= 0.3 is 0 Å². The lowest BCUT2D eigenvalue weighted by Crippen LogP contribution is -2.19. The van der Waals surface area contributed by atoms with Crippen LogP contribution in [0.4, 0.5) is 10.8 Å². The molecule has 0 spiro atoms. The highest BCUT2D eigenvalue weighted by Crippen LogP contribution is 2.32. The number of aliphatic imine (C=N–C) groups is 1. The van der Waals surface area contributed by atoms with Gasteiger partial charge in [-0.1, -0.05) is 17.4 Å². The summed E-state index contributed by atoms with van der Waals surface area (Å²) in [6.45, 7) is 3.33. The van der Waals surface area contributed by atoms with Crippen molar-refractivity contribution in [2.24, 2.45) is 4.99 Å². The Kier molecular flexibility index (Phi) is 5.38. The summed E-state index contributed by atoms with van der Waals surface area (Å²) in [5, 5.41) is 6.37. The lowest BCUT2D eigenvalue weighted by Gasteiger charge is -2.06. The molecule has 3 rings (SSSR count). The summed E-state index contributed by atoms with van der Waals surface area (Å²) in [6.07, 6.45) is 3.34. The minimum Gasteiger partial charge on any atom is -0.496 e. The number of hydrogen-bond acceptors (Lipinski definition) is 7. The van der Waals surface area contributed by atoms with Crippen molar-refractivity contribution in [2.45, 2.75) is 13.8 Å². The van der Waals surface area contributed by atoms with Gasteiger partial charge in [0.2, 0.25) is 5.91 Å². The van der Waals surface area contributed by atoms with Crippen LogP contribution in [0, 0.1) is 6.92 Å². The van der Waals surface area contributed by atoms with E-state index >= 15 is 0 Å². The van der Waals surface area contributed by atoms with E-state index in [0.29, 0.717) is 15.2 Å². The van der Waals surface area contributed by atoms with Gasteiger partial charge < -0.3 is 15.4 Å². The number of amides is 2. The molecule has 7 nitrogen and oxygen atoms in total. The summed E-state index contributed by atoms with van der Waals surface area (Å²) in [4.78, 5) is 33.1. The number of hydrogen-bond donors (Lipinski definition) is 2. The Morgan fingerprint density at radius 3 is 2.96 bits per heavy atom. The number of thioether (sulfide) groups is 1. The average molecular weight is 388 g/mol. The number of thiazole rings is 1. The minimum absolute atomic E-state index is 0.186. The zero-order chi connectivity index (χ0) is 18.7. The number of carbonyl (C=O) groups is 2. The van der Waals surface area contributed by atoms with Crippen molar-refractivity contribution < 1.29 is 14.3 Å². The van der Waals surface area contributed by atoms with Gasteiger partial charge in [0.05, 0.1) is 22.6 Å². The van der Waals surface area contributed by atoms with Crippen LogP contribution < -0.4 is 15.4 Å². The molecule has 1 aliphatic rings. The third-order valence-corrected chi connectivity index (χ3v) is 5.20. The van der Waals surface area contributed by atoms with Gasteiger partial charge in [-0.3, -0.25) is 9.59 Å². The summed E-state index contributed by atoms with van der Waals surface area (Å²) in [5.74, 6) is 0.338. The van der Waals surface area contributed by atoms with Gasteiger partial charge in [0.1, 0.15) is 5.75 Å². The van der Waals surface area contributed by atoms with E-state index < -0.39 is 0 Å². The second-order valence-corrected chi connectivity index (χ2v) is 7.43.